The standard InChI is InChI=1S/C20H18Cl2FNO4/c1-2-15-10-20(19(25)26,28-24-15)18(13-5-8-16(21)17(22)9-13)27-11-12-3-6-14(23)7-4-12/h3-9,18H,2,10-11H2,1H3,(H,25,26). The number of benzene rings is 2. The number of carboxylic acid groups (broad SMARTS) is 1. The highest BCUT2D eigenvalue weighted by atomic mass is 35.5. The summed E-state index contributed by atoms with van der Waals surface area (Å²) in [5, 5.41) is 14.5. The smallest absolute Gasteiger partial charge is 0.354 e. The van der Waals surface area contributed by atoms with Crippen molar-refractivity contribution in [2.75, 3.05) is 0 Å². The van der Waals surface area contributed by atoms with Crippen LogP contribution in [-0.2, 0) is 21.0 Å². The quantitative estimate of drug-likeness (QED) is 0.644. The monoisotopic (exact) mass is 425 g/mol. The zero-order valence-corrected chi connectivity index (χ0v) is 16.5. The third-order valence-corrected chi connectivity index (χ3v) is 5.31. The van der Waals surface area contributed by atoms with Crippen LogP contribution >= 0.6 is 23.2 Å². The van der Waals surface area contributed by atoms with Crippen LogP contribution in [0.2, 0.25) is 10.0 Å². The van der Waals surface area contributed by atoms with E-state index in [2.05, 4.69) is 5.16 Å². The van der Waals surface area contributed by atoms with E-state index in [0.29, 0.717) is 28.3 Å². The lowest BCUT2D eigenvalue weighted by atomic mass is 9.86. The zero-order chi connectivity index (χ0) is 20.3. The maximum absolute atomic E-state index is 13.1. The Kier molecular flexibility index (Phi) is 6.23. The molecule has 0 aromatic heterocycles. The Balaban J connectivity index is 1.96. The normalized spacial score (nSPS) is 19.8. The Labute approximate surface area is 171 Å². The van der Waals surface area contributed by atoms with Gasteiger partial charge in [-0.2, -0.15) is 0 Å². The van der Waals surface area contributed by atoms with Crippen LogP contribution in [0.1, 0.15) is 37.0 Å². The van der Waals surface area contributed by atoms with Gasteiger partial charge >= 0.3 is 5.97 Å². The van der Waals surface area contributed by atoms with Gasteiger partial charge in [0.2, 0.25) is 0 Å². The van der Waals surface area contributed by atoms with Crippen molar-refractivity contribution in [3.8, 4) is 0 Å². The van der Waals surface area contributed by atoms with Gasteiger partial charge in [-0.3, -0.25) is 0 Å². The van der Waals surface area contributed by atoms with Crippen LogP contribution in [0.5, 0.6) is 0 Å². The summed E-state index contributed by atoms with van der Waals surface area (Å²) in [4.78, 5) is 17.6. The fraction of sp³-hybridized carbons (Fsp3) is 0.300. The average Bonchev–Trinajstić information content (AvgIpc) is 3.12. The number of oxime groups is 1. The summed E-state index contributed by atoms with van der Waals surface area (Å²) in [6.45, 7) is 1.92. The van der Waals surface area contributed by atoms with Crippen LogP contribution in [0.25, 0.3) is 0 Å². The van der Waals surface area contributed by atoms with Crippen LogP contribution in [-0.4, -0.2) is 22.4 Å². The lowest BCUT2D eigenvalue weighted by Gasteiger charge is -2.31. The Morgan fingerprint density at radius 3 is 2.57 bits per heavy atom. The van der Waals surface area contributed by atoms with E-state index < -0.39 is 17.7 Å². The summed E-state index contributed by atoms with van der Waals surface area (Å²) in [6, 6.07) is 10.5. The van der Waals surface area contributed by atoms with Crippen LogP contribution in [0.15, 0.2) is 47.6 Å². The Morgan fingerprint density at radius 1 is 1.29 bits per heavy atom. The number of halogens is 3. The largest absolute Gasteiger partial charge is 0.478 e. The van der Waals surface area contributed by atoms with Gasteiger partial charge in [0, 0.05) is 6.42 Å². The molecule has 148 valence electrons. The van der Waals surface area contributed by atoms with Gasteiger partial charge in [-0.05, 0) is 41.8 Å². The van der Waals surface area contributed by atoms with E-state index in [4.69, 9.17) is 32.8 Å². The van der Waals surface area contributed by atoms with Crippen molar-refractivity contribution in [1.29, 1.82) is 0 Å². The first kappa shape index (κ1) is 20.6. The van der Waals surface area contributed by atoms with Gasteiger partial charge < -0.3 is 14.7 Å². The fourth-order valence-electron chi connectivity index (χ4n) is 3.01. The molecule has 2 atom stereocenters. The van der Waals surface area contributed by atoms with E-state index in [1.807, 2.05) is 6.92 Å². The topological polar surface area (TPSA) is 68.1 Å². The Morgan fingerprint density at radius 2 is 2.00 bits per heavy atom. The highest BCUT2D eigenvalue weighted by Crippen LogP contribution is 2.42. The molecule has 28 heavy (non-hydrogen) atoms. The number of carboxylic acids is 1. The third kappa shape index (κ3) is 4.14. The second kappa shape index (κ2) is 8.47. The summed E-state index contributed by atoms with van der Waals surface area (Å²) < 4.78 is 19.1. The SMILES string of the molecule is CCC1=NOC(C(=O)O)(C(OCc2ccc(F)cc2)c2ccc(Cl)c(Cl)c2)C1. The van der Waals surface area contributed by atoms with E-state index in [0.717, 1.165) is 0 Å². The van der Waals surface area contributed by atoms with Crippen molar-refractivity contribution < 1.29 is 23.9 Å². The van der Waals surface area contributed by atoms with Crippen LogP contribution in [0, 0.1) is 5.82 Å². The number of nitrogens with zero attached hydrogens (tertiary/aromatic N) is 1. The summed E-state index contributed by atoms with van der Waals surface area (Å²) in [5.74, 6) is -1.57. The summed E-state index contributed by atoms with van der Waals surface area (Å²) in [7, 11) is 0. The number of aliphatic carboxylic acids is 1. The second-order valence-corrected chi connectivity index (χ2v) is 7.28. The van der Waals surface area contributed by atoms with Gasteiger partial charge in [0.15, 0.2) is 0 Å². The molecule has 3 rings (SSSR count). The van der Waals surface area contributed by atoms with Crippen LogP contribution in [0.4, 0.5) is 4.39 Å². The molecule has 0 radical (unpaired) electrons. The van der Waals surface area contributed by atoms with Gasteiger partial charge in [0.1, 0.15) is 11.9 Å². The summed E-state index contributed by atoms with van der Waals surface area (Å²) in [6.07, 6.45) is -0.383. The predicted octanol–water partition coefficient (Wildman–Crippen LogP) is 5.40. The molecule has 0 fully saturated rings. The minimum absolute atomic E-state index is 0.0467. The van der Waals surface area contributed by atoms with Crippen molar-refractivity contribution in [3.63, 3.8) is 0 Å². The number of rotatable bonds is 7. The van der Waals surface area contributed by atoms with Gasteiger partial charge in [0.25, 0.3) is 5.60 Å². The van der Waals surface area contributed by atoms with Gasteiger partial charge in [0.05, 0.1) is 22.4 Å². The molecule has 1 heterocycles. The number of hydrogen-bond donors (Lipinski definition) is 1. The molecule has 0 saturated heterocycles. The van der Waals surface area contributed by atoms with Crippen LogP contribution in [0.3, 0.4) is 0 Å². The predicted molar refractivity (Wildman–Crippen MR) is 104 cm³/mol. The van der Waals surface area contributed by atoms with Crippen molar-refractivity contribution in [3.05, 3.63) is 69.5 Å². The fourth-order valence-corrected chi connectivity index (χ4v) is 3.31. The van der Waals surface area contributed by atoms with E-state index in [1.54, 1.807) is 30.3 Å². The highest BCUT2D eigenvalue weighted by molar-refractivity contribution is 6.42. The minimum Gasteiger partial charge on any atom is -0.478 e. The van der Waals surface area contributed by atoms with Crippen LogP contribution < -0.4 is 0 Å². The lowest BCUT2D eigenvalue weighted by molar-refractivity contribution is -0.187. The number of carbonyl (C=O) groups is 1. The maximum atomic E-state index is 13.1. The molecular weight excluding hydrogens is 408 g/mol. The molecule has 2 aromatic rings. The van der Waals surface area contributed by atoms with Gasteiger partial charge in [-0.15, -0.1) is 0 Å². The first-order valence-corrected chi connectivity index (χ1v) is 9.39. The van der Waals surface area contributed by atoms with Crippen molar-refractivity contribution in [2.45, 2.75) is 38.1 Å². The molecule has 0 spiro atoms. The van der Waals surface area contributed by atoms with E-state index >= 15 is 0 Å². The first-order chi connectivity index (χ1) is 13.4. The molecule has 1 N–H and O–H groups in total. The molecule has 5 nitrogen and oxygen atoms in total. The summed E-state index contributed by atoms with van der Waals surface area (Å²) in [5.41, 5.74) is 0.0636. The first-order valence-electron chi connectivity index (χ1n) is 8.64. The maximum Gasteiger partial charge on any atom is 0.354 e. The molecular formula is C20H18Cl2FNO4. The highest BCUT2D eigenvalue weighted by Gasteiger charge is 2.54. The van der Waals surface area contributed by atoms with E-state index in [1.165, 1.54) is 12.1 Å². The zero-order valence-electron chi connectivity index (χ0n) is 15.0. The third-order valence-electron chi connectivity index (χ3n) is 4.57. The molecule has 0 amide bonds. The summed E-state index contributed by atoms with van der Waals surface area (Å²) >= 11 is 12.1. The molecule has 0 bridgehead atoms. The molecule has 0 saturated carbocycles. The minimum atomic E-state index is -1.73. The Hall–Kier alpha value is -2.15. The van der Waals surface area contributed by atoms with E-state index in [-0.39, 0.29) is 23.9 Å². The molecule has 2 unspecified atom stereocenters. The second-order valence-electron chi connectivity index (χ2n) is 6.46. The number of hydrogen-bond acceptors (Lipinski definition) is 4. The van der Waals surface area contributed by atoms with E-state index in [9.17, 15) is 14.3 Å². The lowest BCUT2D eigenvalue weighted by Crippen LogP contribution is -2.46. The molecule has 0 aliphatic carbocycles. The van der Waals surface area contributed by atoms with Crippen molar-refractivity contribution >= 4 is 34.9 Å². The molecule has 8 heteroatoms. The van der Waals surface area contributed by atoms with Crippen molar-refractivity contribution in [2.24, 2.45) is 5.16 Å². The Bertz CT molecular complexity index is 904. The van der Waals surface area contributed by atoms with Gasteiger partial charge in [-0.25, -0.2) is 9.18 Å². The van der Waals surface area contributed by atoms with Gasteiger partial charge in [-0.1, -0.05) is 53.5 Å². The molecule has 2 aromatic carbocycles. The average molecular weight is 426 g/mol. The van der Waals surface area contributed by atoms with Crippen molar-refractivity contribution in [1.82, 2.24) is 0 Å². The molecule has 1 aliphatic heterocycles. The molecule has 1 aliphatic rings. The number of ether oxygens (including phenoxy) is 1.